The fourth-order valence-corrected chi connectivity index (χ4v) is 11.2. The molecule has 12 rings (SSSR count). The Bertz CT molecular complexity index is 3930. The zero-order valence-electron chi connectivity index (χ0n) is 41.0. The lowest BCUT2D eigenvalue weighted by Crippen LogP contribution is -2.19. The van der Waals surface area contributed by atoms with Gasteiger partial charge in [-0.05, 0) is 127 Å². The minimum Gasteiger partial charge on any atom is -0.454 e. The van der Waals surface area contributed by atoms with Gasteiger partial charge in [0.15, 0.2) is 11.2 Å². The van der Waals surface area contributed by atoms with Crippen LogP contribution in [0.2, 0.25) is 0 Å². The summed E-state index contributed by atoms with van der Waals surface area (Å²) >= 11 is 0. The minimum absolute atomic E-state index is 0.0777. The van der Waals surface area contributed by atoms with Crippen LogP contribution in [0.1, 0.15) is 90.5 Å². The number of allylic oxidation sites excluding steroid dienone is 4. The Morgan fingerprint density at radius 2 is 0.882 bits per heavy atom. The zero-order chi connectivity index (χ0) is 47.0. The Labute approximate surface area is 399 Å². The lowest BCUT2D eigenvalue weighted by molar-refractivity contribution is 0.572. The van der Waals surface area contributed by atoms with E-state index in [4.69, 9.17) is 8.83 Å². The first-order valence-corrected chi connectivity index (χ1v) is 24.3. The molecule has 0 amide bonds. The van der Waals surface area contributed by atoms with Crippen molar-refractivity contribution in [3.05, 3.63) is 185 Å². The van der Waals surface area contributed by atoms with Gasteiger partial charge in [0, 0.05) is 54.8 Å². The average Bonchev–Trinajstić information content (AvgIpc) is 3.90. The number of fused-ring (bicyclic) bond motifs is 6. The molecule has 4 nitrogen and oxygen atoms in total. The van der Waals surface area contributed by atoms with Gasteiger partial charge in [0.25, 0.3) is 0 Å². The van der Waals surface area contributed by atoms with Crippen LogP contribution in [-0.4, -0.2) is 0 Å². The number of benzene rings is 9. The first kappa shape index (κ1) is 42.1. The van der Waals surface area contributed by atoms with Crippen LogP contribution in [0.3, 0.4) is 0 Å². The number of rotatable bonds is 6. The molecule has 0 N–H and O–H groups in total. The summed E-state index contributed by atoms with van der Waals surface area (Å²) in [6.07, 6.45) is 4.34. The van der Waals surface area contributed by atoms with E-state index in [1.165, 1.54) is 71.4 Å². The second-order valence-corrected chi connectivity index (χ2v) is 21.5. The Kier molecular flexibility index (Phi) is 9.35. The van der Waals surface area contributed by atoms with Crippen LogP contribution in [0.15, 0.2) is 171 Å². The Hall–Kier alpha value is -7.30. The zero-order valence-corrected chi connectivity index (χ0v) is 41.0. The van der Waals surface area contributed by atoms with E-state index >= 15 is 0 Å². The van der Waals surface area contributed by atoms with Crippen molar-refractivity contribution in [2.45, 2.75) is 92.9 Å². The summed E-state index contributed by atoms with van der Waals surface area (Å²) in [5.74, 6) is 0. The van der Waals surface area contributed by atoms with Gasteiger partial charge in [-0.25, -0.2) is 0 Å². The molecular weight excluding hydrogens is 829 g/mol. The molecule has 1 aliphatic rings. The number of aryl methyl sites for hydroxylation is 2. The molecule has 0 spiro atoms. The number of furan rings is 2. The van der Waals surface area contributed by atoms with E-state index in [0.717, 1.165) is 85.2 Å². The predicted molar refractivity (Wildman–Crippen MR) is 291 cm³/mol. The quantitative estimate of drug-likeness (QED) is 0.156. The van der Waals surface area contributed by atoms with Gasteiger partial charge in [0.05, 0.1) is 22.7 Å². The maximum Gasteiger partial charge on any atom is 0.159 e. The van der Waals surface area contributed by atoms with Gasteiger partial charge in [-0.1, -0.05) is 156 Å². The highest BCUT2D eigenvalue weighted by molar-refractivity contribution is 6.28. The van der Waals surface area contributed by atoms with Crippen molar-refractivity contribution < 1.29 is 8.83 Å². The first-order valence-electron chi connectivity index (χ1n) is 24.3. The molecule has 2 heterocycles. The Balaban J connectivity index is 1.13. The van der Waals surface area contributed by atoms with Crippen molar-refractivity contribution in [2.24, 2.45) is 0 Å². The number of hydrogen-bond acceptors (Lipinski definition) is 4. The number of anilines is 5. The van der Waals surface area contributed by atoms with Gasteiger partial charge in [-0.3, -0.25) is 0 Å². The van der Waals surface area contributed by atoms with Crippen LogP contribution in [0.4, 0.5) is 28.4 Å². The summed E-state index contributed by atoms with van der Waals surface area (Å²) in [6.45, 7) is 22.5. The minimum atomic E-state index is -0.0851. The molecule has 0 radical (unpaired) electrons. The molecule has 0 aliphatic heterocycles. The molecule has 0 fully saturated rings. The third-order valence-electron chi connectivity index (χ3n) is 15.1. The molecule has 68 heavy (non-hydrogen) atoms. The molecule has 9 aromatic carbocycles. The third kappa shape index (κ3) is 6.40. The second-order valence-electron chi connectivity index (χ2n) is 21.5. The number of nitrogens with zero attached hydrogens (tertiary/aromatic N) is 2. The highest BCUT2D eigenvalue weighted by atomic mass is 16.3. The second kappa shape index (κ2) is 15.1. The monoisotopic (exact) mass is 886 g/mol. The molecule has 0 bridgehead atoms. The maximum absolute atomic E-state index is 7.13. The van der Waals surface area contributed by atoms with Gasteiger partial charge < -0.3 is 18.6 Å². The summed E-state index contributed by atoms with van der Waals surface area (Å²) in [5.41, 5.74) is 17.9. The lowest BCUT2D eigenvalue weighted by atomic mass is 9.86. The summed E-state index contributed by atoms with van der Waals surface area (Å²) in [6, 6.07) is 52.0. The molecule has 0 saturated carbocycles. The predicted octanol–water partition coefficient (Wildman–Crippen LogP) is 19.2. The smallest absolute Gasteiger partial charge is 0.159 e. The van der Waals surface area contributed by atoms with E-state index in [-0.39, 0.29) is 10.8 Å². The van der Waals surface area contributed by atoms with E-state index in [0.29, 0.717) is 0 Å². The SMILES string of the molecule is CC1=C(C)CCC(N(c2ccc3ccc4c(N(c5ccc(C)c(C)c5)c5cccc6c5oc5c(C(C)(C)C)cccc56)ccc5ccc2c3c54)c2cccc3c2oc2c(C(C)(C)C)cccc23)=C1. The standard InChI is InChI=1S/C64H58N2O2/c1-37-23-29-43(35-39(37)3)65(55-21-13-17-47-45-15-11-19-51(63(5,6)7)59(45)67-61(47)55)53-33-27-41-26-32-50-54(34-28-42-25-31-49(53)57(41)58(42)50)66(44-30-24-38(2)40(4)36-44)56-22-14-18-48-46-16-12-20-52(64(8,9)10)60(46)68-62(48)56/h11-23,25-29,31-36H,24,30H2,1-10H3. The van der Waals surface area contributed by atoms with Crippen LogP contribution in [-0.2, 0) is 10.8 Å². The number of hydrogen-bond donors (Lipinski definition) is 0. The Morgan fingerprint density at radius 3 is 1.38 bits per heavy atom. The van der Waals surface area contributed by atoms with Crippen molar-refractivity contribution in [3.63, 3.8) is 0 Å². The normalized spacial score (nSPS) is 13.9. The van der Waals surface area contributed by atoms with Crippen molar-refractivity contribution in [2.75, 3.05) is 9.80 Å². The highest BCUT2D eigenvalue weighted by Gasteiger charge is 2.29. The van der Waals surface area contributed by atoms with Gasteiger partial charge in [-0.15, -0.1) is 0 Å². The van der Waals surface area contributed by atoms with E-state index < -0.39 is 0 Å². The molecule has 0 unspecified atom stereocenters. The third-order valence-corrected chi connectivity index (χ3v) is 15.1. The molecular formula is C64H58N2O2. The Morgan fingerprint density at radius 1 is 0.412 bits per heavy atom. The maximum atomic E-state index is 7.13. The van der Waals surface area contributed by atoms with Crippen LogP contribution in [0.25, 0.3) is 76.2 Å². The van der Waals surface area contributed by atoms with E-state index in [2.05, 4.69) is 225 Å². The van der Waals surface area contributed by atoms with Crippen LogP contribution in [0, 0.1) is 13.8 Å². The average molecular weight is 887 g/mol. The first-order chi connectivity index (χ1) is 32.7. The lowest BCUT2D eigenvalue weighted by Gasteiger charge is -2.32. The molecule has 4 heteroatoms. The van der Waals surface area contributed by atoms with Gasteiger partial charge in [-0.2, -0.15) is 0 Å². The van der Waals surface area contributed by atoms with Crippen LogP contribution < -0.4 is 9.80 Å². The molecule has 2 aromatic heterocycles. The van der Waals surface area contributed by atoms with E-state index in [9.17, 15) is 0 Å². The van der Waals surface area contributed by atoms with Crippen molar-refractivity contribution >= 4 is 105 Å². The summed E-state index contributed by atoms with van der Waals surface area (Å²) in [7, 11) is 0. The fraction of sp³-hybridized carbons (Fsp3) is 0.219. The molecule has 0 saturated heterocycles. The van der Waals surface area contributed by atoms with E-state index in [1.807, 2.05) is 0 Å². The molecule has 1 aliphatic carbocycles. The summed E-state index contributed by atoms with van der Waals surface area (Å²) in [5, 5.41) is 11.9. The molecule has 0 atom stereocenters. The number of para-hydroxylation sites is 4. The highest BCUT2D eigenvalue weighted by Crippen LogP contribution is 2.51. The topological polar surface area (TPSA) is 32.8 Å². The van der Waals surface area contributed by atoms with Crippen molar-refractivity contribution in [1.82, 2.24) is 0 Å². The van der Waals surface area contributed by atoms with Gasteiger partial charge >= 0.3 is 0 Å². The van der Waals surface area contributed by atoms with Crippen LogP contribution in [0.5, 0.6) is 0 Å². The largest absolute Gasteiger partial charge is 0.454 e. The molecule has 11 aromatic rings. The van der Waals surface area contributed by atoms with Crippen molar-refractivity contribution in [1.29, 1.82) is 0 Å². The summed E-state index contributed by atoms with van der Waals surface area (Å²) < 4.78 is 14.2. The van der Waals surface area contributed by atoms with Crippen LogP contribution >= 0.6 is 0 Å². The van der Waals surface area contributed by atoms with E-state index in [1.54, 1.807) is 0 Å². The van der Waals surface area contributed by atoms with Crippen molar-refractivity contribution in [3.8, 4) is 0 Å². The van der Waals surface area contributed by atoms with Gasteiger partial charge in [0.2, 0.25) is 0 Å². The molecule has 336 valence electrons. The fourth-order valence-electron chi connectivity index (χ4n) is 11.2. The van der Waals surface area contributed by atoms with Gasteiger partial charge in [0.1, 0.15) is 11.2 Å². The summed E-state index contributed by atoms with van der Waals surface area (Å²) in [4.78, 5) is 4.95.